The van der Waals surface area contributed by atoms with Crippen molar-refractivity contribution < 1.29 is 37.8 Å². The number of hydrogen-bond acceptors (Lipinski definition) is 4. The Bertz CT molecular complexity index is 629. The van der Waals surface area contributed by atoms with Crippen molar-refractivity contribution in [3.8, 4) is 0 Å². The molecule has 1 aliphatic heterocycles. The normalized spacial score (nSPS) is 19.2. The van der Waals surface area contributed by atoms with Crippen molar-refractivity contribution in [1.82, 2.24) is 10.6 Å². The van der Waals surface area contributed by atoms with Gasteiger partial charge in [-0.15, -0.1) is 0 Å². The molecule has 0 spiro atoms. The molecule has 1 atom stereocenters. The van der Waals surface area contributed by atoms with Gasteiger partial charge in [0.1, 0.15) is 0 Å². The summed E-state index contributed by atoms with van der Waals surface area (Å²) in [6.07, 6.45) is -3.73. The van der Waals surface area contributed by atoms with Gasteiger partial charge in [-0.3, -0.25) is 4.79 Å². The van der Waals surface area contributed by atoms with E-state index in [4.69, 9.17) is 9.90 Å². The molecule has 0 aliphatic carbocycles. The second-order valence-corrected chi connectivity index (χ2v) is 5.65. The summed E-state index contributed by atoms with van der Waals surface area (Å²) in [6.45, 7) is 0.907. The number of hydrogen-bond donors (Lipinski definition) is 4. The van der Waals surface area contributed by atoms with Crippen molar-refractivity contribution in [2.24, 2.45) is 0 Å². The number of benzene rings is 1. The third kappa shape index (κ3) is 6.71. The number of rotatable bonds is 5. The largest absolute Gasteiger partial charge is 0.490 e. The molecule has 1 aliphatic rings. The highest BCUT2D eigenvalue weighted by Gasteiger charge is 2.42. The summed E-state index contributed by atoms with van der Waals surface area (Å²) >= 11 is 0. The predicted octanol–water partition coefficient (Wildman–Crippen LogP) is 1.19. The van der Waals surface area contributed by atoms with Gasteiger partial charge in [-0.05, 0) is 24.9 Å². The molecule has 0 radical (unpaired) electrons. The zero-order valence-electron chi connectivity index (χ0n) is 13.7. The molecular formula is C16H19F3N2O5. The van der Waals surface area contributed by atoms with E-state index in [1.165, 1.54) is 0 Å². The lowest BCUT2D eigenvalue weighted by molar-refractivity contribution is -0.192. The first-order chi connectivity index (χ1) is 12.1. The minimum atomic E-state index is -5.08. The van der Waals surface area contributed by atoms with Crippen LogP contribution in [-0.4, -0.2) is 52.9 Å². The lowest BCUT2D eigenvalue weighted by atomic mass is 9.98. The molecule has 1 aromatic carbocycles. The monoisotopic (exact) mass is 376 g/mol. The smallest absolute Gasteiger partial charge is 0.479 e. The summed E-state index contributed by atoms with van der Waals surface area (Å²) in [7, 11) is 0. The number of halogens is 3. The van der Waals surface area contributed by atoms with Crippen LogP contribution in [0.1, 0.15) is 18.4 Å². The molecule has 1 heterocycles. The van der Waals surface area contributed by atoms with Gasteiger partial charge in [0.2, 0.25) is 5.91 Å². The van der Waals surface area contributed by atoms with Crippen molar-refractivity contribution in [3.63, 3.8) is 0 Å². The average Bonchev–Trinajstić information content (AvgIpc) is 3.03. The van der Waals surface area contributed by atoms with Crippen LogP contribution >= 0.6 is 0 Å². The van der Waals surface area contributed by atoms with E-state index in [0.717, 1.165) is 5.56 Å². The number of nitrogens with one attached hydrogen (secondary N) is 2. The summed E-state index contributed by atoms with van der Waals surface area (Å²) in [6, 6.07) is 9.68. The number of amides is 1. The number of carboxylic acids is 2. The Morgan fingerprint density at radius 2 is 1.73 bits per heavy atom. The first-order valence-electron chi connectivity index (χ1n) is 7.66. The van der Waals surface area contributed by atoms with Gasteiger partial charge in [-0.25, -0.2) is 9.59 Å². The van der Waals surface area contributed by atoms with Gasteiger partial charge < -0.3 is 20.8 Å². The summed E-state index contributed by atoms with van der Waals surface area (Å²) in [5, 5.41) is 22.0. The maximum atomic E-state index is 11.9. The summed E-state index contributed by atoms with van der Waals surface area (Å²) in [5.74, 6) is -3.94. The molecule has 26 heavy (non-hydrogen) atoms. The van der Waals surface area contributed by atoms with Crippen LogP contribution in [0.2, 0.25) is 0 Å². The quantitative estimate of drug-likeness (QED) is 0.614. The number of carbonyl (C=O) groups excluding carboxylic acids is 1. The van der Waals surface area contributed by atoms with Crippen molar-refractivity contribution in [2.75, 3.05) is 13.1 Å². The van der Waals surface area contributed by atoms with Gasteiger partial charge in [0.25, 0.3) is 0 Å². The van der Waals surface area contributed by atoms with E-state index in [2.05, 4.69) is 10.6 Å². The van der Waals surface area contributed by atoms with Crippen LogP contribution in [0.3, 0.4) is 0 Å². The van der Waals surface area contributed by atoms with Gasteiger partial charge in [-0.2, -0.15) is 13.2 Å². The van der Waals surface area contributed by atoms with E-state index in [1.807, 2.05) is 30.3 Å². The van der Waals surface area contributed by atoms with E-state index in [0.29, 0.717) is 32.4 Å². The van der Waals surface area contributed by atoms with Gasteiger partial charge >= 0.3 is 18.1 Å². The summed E-state index contributed by atoms with van der Waals surface area (Å²) in [5.41, 5.74) is -0.0556. The van der Waals surface area contributed by atoms with Crippen LogP contribution in [0.25, 0.3) is 0 Å². The Balaban J connectivity index is 0.000000412. The lowest BCUT2D eigenvalue weighted by Gasteiger charge is -2.24. The predicted molar refractivity (Wildman–Crippen MR) is 84.5 cm³/mol. The fourth-order valence-corrected chi connectivity index (χ4v) is 2.27. The van der Waals surface area contributed by atoms with Crippen LogP contribution in [0, 0.1) is 0 Å². The first-order valence-corrected chi connectivity index (χ1v) is 7.66. The molecule has 7 nitrogen and oxygen atoms in total. The summed E-state index contributed by atoms with van der Waals surface area (Å²) in [4.78, 5) is 32.1. The number of carbonyl (C=O) groups is 3. The van der Waals surface area contributed by atoms with Crippen LogP contribution < -0.4 is 10.6 Å². The zero-order valence-corrected chi connectivity index (χ0v) is 13.7. The zero-order chi connectivity index (χ0) is 19.8. The van der Waals surface area contributed by atoms with Gasteiger partial charge in [-0.1, -0.05) is 30.3 Å². The highest BCUT2D eigenvalue weighted by atomic mass is 19.4. The van der Waals surface area contributed by atoms with E-state index in [1.54, 1.807) is 0 Å². The fourth-order valence-electron chi connectivity index (χ4n) is 2.27. The number of alkyl halides is 3. The molecule has 2 rings (SSSR count). The van der Waals surface area contributed by atoms with Crippen molar-refractivity contribution in [3.05, 3.63) is 35.9 Å². The number of carboxylic acid groups (broad SMARTS) is 2. The van der Waals surface area contributed by atoms with E-state index >= 15 is 0 Å². The molecule has 1 amide bonds. The molecule has 1 saturated heterocycles. The highest BCUT2D eigenvalue weighted by molar-refractivity contribution is 5.87. The van der Waals surface area contributed by atoms with Crippen LogP contribution in [-0.2, 0) is 20.8 Å². The van der Waals surface area contributed by atoms with Crippen molar-refractivity contribution in [1.29, 1.82) is 0 Å². The first kappa shape index (κ1) is 21.4. The van der Waals surface area contributed by atoms with Crippen LogP contribution in [0.15, 0.2) is 30.3 Å². The molecular weight excluding hydrogens is 357 g/mol. The van der Waals surface area contributed by atoms with Gasteiger partial charge in [0, 0.05) is 13.0 Å². The average molecular weight is 376 g/mol. The second kappa shape index (κ2) is 9.18. The Morgan fingerprint density at radius 1 is 1.15 bits per heavy atom. The Morgan fingerprint density at radius 3 is 2.15 bits per heavy atom. The van der Waals surface area contributed by atoms with Crippen LogP contribution in [0.4, 0.5) is 13.2 Å². The molecule has 4 N–H and O–H groups in total. The molecule has 0 aromatic heterocycles. The molecule has 0 saturated carbocycles. The lowest BCUT2D eigenvalue weighted by Crippen LogP contribution is -2.56. The Kier molecular flexibility index (Phi) is 7.56. The number of aliphatic carboxylic acids is 2. The summed E-state index contributed by atoms with van der Waals surface area (Å²) < 4.78 is 31.7. The highest BCUT2D eigenvalue weighted by Crippen LogP contribution is 2.15. The molecule has 144 valence electrons. The minimum Gasteiger partial charge on any atom is -0.479 e. The molecule has 1 aromatic rings. The van der Waals surface area contributed by atoms with Crippen molar-refractivity contribution >= 4 is 17.8 Å². The fraction of sp³-hybridized carbons (Fsp3) is 0.438. The maximum absolute atomic E-state index is 11.9. The van der Waals surface area contributed by atoms with Crippen LogP contribution in [0.5, 0.6) is 0 Å². The van der Waals surface area contributed by atoms with Gasteiger partial charge in [0.05, 0.1) is 0 Å². The third-order valence-electron chi connectivity index (χ3n) is 3.67. The van der Waals surface area contributed by atoms with Crippen molar-refractivity contribution in [2.45, 2.75) is 31.0 Å². The Hall–Kier alpha value is -2.62. The SMILES string of the molecule is O=C(CCc1ccccc1)NC1(C(=O)O)CCNC1.O=C(O)C(F)(F)F. The topological polar surface area (TPSA) is 116 Å². The molecule has 1 fully saturated rings. The second-order valence-electron chi connectivity index (χ2n) is 5.65. The molecule has 0 bridgehead atoms. The maximum Gasteiger partial charge on any atom is 0.490 e. The van der Waals surface area contributed by atoms with E-state index in [9.17, 15) is 27.9 Å². The van der Waals surface area contributed by atoms with Gasteiger partial charge in [0.15, 0.2) is 5.54 Å². The minimum absolute atomic E-state index is 0.213. The molecule has 1 unspecified atom stereocenters. The Labute approximate surface area is 147 Å². The molecule has 10 heteroatoms. The van der Waals surface area contributed by atoms with E-state index in [-0.39, 0.29) is 5.91 Å². The standard InChI is InChI=1S/C14H18N2O3.C2HF3O2/c17-12(7-6-11-4-2-1-3-5-11)16-14(13(18)19)8-9-15-10-14;3-2(4,5)1(6)7/h1-5,15H,6-10H2,(H,16,17)(H,18,19);(H,6,7). The number of aryl methyl sites for hydroxylation is 1. The van der Waals surface area contributed by atoms with E-state index < -0.39 is 23.7 Å². The third-order valence-corrected chi connectivity index (χ3v) is 3.67.